The van der Waals surface area contributed by atoms with Crippen molar-refractivity contribution >= 4 is 11.5 Å². The zero-order chi connectivity index (χ0) is 7.56. The van der Waals surface area contributed by atoms with Crippen LogP contribution in [-0.4, -0.2) is 5.91 Å². The first kappa shape index (κ1) is 6.61. The number of nitrogens with two attached hydrogens (primary N) is 1. The lowest BCUT2D eigenvalue weighted by Gasteiger charge is -1.92. The van der Waals surface area contributed by atoms with Gasteiger partial charge in [-0.3, -0.25) is 4.79 Å². The Kier molecular flexibility index (Phi) is 1.58. The van der Waals surface area contributed by atoms with Gasteiger partial charge in [-0.05, 0) is 12.1 Å². The summed E-state index contributed by atoms with van der Waals surface area (Å²) in [6.07, 6.45) is 1.46. The minimum Gasteiger partial charge on any atom is -0.464 e. The van der Waals surface area contributed by atoms with Crippen molar-refractivity contribution in [2.24, 2.45) is 5.73 Å². The highest BCUT2D eigenvalue weighted by Gasteiger charge is 2.05. The van der Waals surface area contributed by atoms with Crippen LogP contribution in [0.3, 0.4) is 0 Å². The van der Waals surface area contributed by atoms with Crippen molar-refractivity contribution < 1.29 is 9.21 Å². The third kappa shape index (κ3) is 1.07. The molecule has 0 bridgehead atoms. The van der Waals surface area contributed by atoms with Gasteiger partial charge in [-0.2, -0.15) is 0 Å². The summed E-state index contributed by atoms with van der Waals surface area (Å²) in [7, 11) is 0. The molecule has 0 aliphatic carbocycles. The summed E-state index contributed by atoms with van der Waals surface area (Å²) in [4.78, 5) is 10.5. The summed E-state index contributed by atoms with van der Waals surface area (Å²) in [6.45, 7) is 3.43. The Morgan fingerprint density at radius 2 is 2.40 bits per heavy atom. The van der Waals surface area contributed by atoms with E-state index in [4.69, 9.17) is 10.2 Å². The van der Waals surface area contributed by atoms with Gasteiger partial charge in [0.1, 0.15) is 5.76 Å². The molecule has 1 rings (SSSR count). The first-order valence-corrected chi connectivity index (χ1v) is 2.74. The third-order valence-electron chi connectivity index (χ3n) is 1.12. The molecule has 0 saturated carbocycles. The molecule has 0 aromatic carbocycles. The molecule has 3 nitrogen and oxygen atoms in total. The molecule has 1 aromatic rings. The topological polar surface area (TPSA) is 56.2 Å². The van der Waals surface area contributed by atoms with Gasteiger partial charge in [0, 0.05) is 0 Å². The van der Waals surface area contributed by atoms with Crippen LogP contribution >= 0.6 is 0 Å². The Labute approximate surface area is 58.1 Å². The van der Waals surface area contributed by atoms with Crippen LogP contribution in [0.1, 0.15) is 5.76 Å². The number of furan rings is 1. The van der Waals surface area contributed by atoms with Gasteiger partial charge in [0.15, 0.2) is 0 Å². The molecule has 1 heterocycles. The molecule has 0 aliphatic heterocycles. The van der Waals surface area contributed by atoms with Crippen molar-refractivity contribution in [2.75, 3.05) is 0 Å². The van der Waals surface area contributed by atoms with Crippen LogP contribution in [0.15, 0.2) is 29.4 Å². The Bertz CT molecular complexity index is 249. The van der Waals surface area contributed by atoms with Crippen LogP contribution in [0, 0.1) is 0 Å². The average Bonchev–Trinajstić information content (AvgIpc) is 2.36. The second-order valence-corrected chi connectivity index (χ2v) is 1.82. The number of rotatable bonds is 2. The summed E-state index contributed by atoms with van der Waals surface area (Å²) >= 11 is 0. The Balaban J connectivity index is 2.88. The molecule has 0 radical (unpaired) electrons. The monoisotopic (exact) mass is 137 g/mol. The van der Waals surface area contributed by atoms with Crippen molar-refractivity contribution in [3.05, 3.63) is 30.7 Å². The average molecular weight is 137 g/mol. The van der Waals surface area contributed by atoms with Crippen LogP contribution in [-0.2, 0) is 4.79 Å². The summed E-state index contributed by atoms with van der Waals surface area (Å²) in [6, 6.07) is 3.30. The fraction of sp³-hybridized carbons (Fsp3) is 0. The van der Waals surface area contributed by atoms with Crippen molar-refractivity contribution in [1.29, 1.82) is 0 Å². The highest BCUT2D eigenvalue weighted by Crippen LogP contribution is 2.10. The number of carbonyl (C=O) groups is 1. The predicted molar refractivity (Wildman–Crippen MR) is 36.9 cm³/mol. The smallest absolute Gasteiger partial charge is 0.251 e. The van der Waals surface area contributed by atoms with Gasteiger partial charge in [0.2, 0.25) is 0 Å². The van der Waals surface area contributed by atoms with Crippen LogP contribution in [0.5, 0.6) is 0 Å². The van der Waals surface area contributed by atoms with E-state index in [-0.39, 0.29) is 5.57 Å². The fourth-order valence-corrected chi connectivity index (χ4v) is 0.572. The van der Waals surface area contributed by atoms with Gasteiger partial charge in [0.25, 0.3) is 5.91 Å². The molecule has 0 unspecified atom stereocenters. The van der Waals surface area contributed by atoms with Crippen molar-refractivity contribution in [3.8, 4) is 0 Å². The van der Waals surface area contributed by atoms with E-state index in [1.165, 1.54) is 6.26 Å². The van der Waals surface area contributed by atoms with Crippen molar-refractivity contribution in [1.82, 2.24) is 0 Å². The van der Waals surface area contributed by atoms with Gasteiger partial charge in [-0.15, -0.1) is 0 Å². The van der Waals surface area contributed by atoms with Crippen LogP contribution < -0.4 is 5.73 Å². The first-order chi connectivity index (χ1) is 4.72. The second-order valence-electron chi connectivity index (χ2n) is 1.82. The van der Waals surface area contributed by atoms with E-state index < -0.39 is 5.91 Å². The summed E-state index contributed by atoms with van der Waals surface area (Å²) in [5.41, 5.74) is 5.13. The molecule has 3 heteroatoms. The predicted octanol–water partition coefficient (Wildman–Crippen LogP) is 0.778. The lowest BCUT2D eigenvalue weighted by molar-refractivity contribution is -0.112. The van der Waals surface area contributed by atoms with Crippen molar-refractivity contribution in [2.45, 2.75) is 0 Å². The van der Waals surface area contributed by atoms with Crippen LogP contribution in [0.25, 0.3) is 5.57 Å². The Hall–Kier alpha value is -1.51. The summed E-state index contributed by atoms with van der Waals surface area (Å²) < 4.78 is 4.86. The summed E-state index contributed by atoms with van der Waals surface area (Å²) in [5, 5.41) is 0. The third-order valence-corrected chi connectivity index (χ3v) is 1.12. The maximum Gasteiger partial charge on any atom is 0.251 e. The largest absolute Gasteiger partial charge is 0.464 e. The Morgan fingerprint density at radius 1 is 1.70 bits per heavy atom. The lowest BCUT2D eigenvalue weighted by Crippen LogP contribution is -2.11. The van der Waals surface area contributed by atoms with Crippen molar-refractivity contribution in [3.63, 3.8) is 0 Å². The summed E-state index contributed by atoms with van der Waals surface area (Å²) in [5.74, 6) is -0.137. The fourth-order valence-electron chi connectivity index (χ4n) is 0.572. The van der Waals surface area contributed by atoms with E-state index in [1.54, 1.807) is 12.1 Å². The zero-order valence-electron chi connectivity index (χ0n) is 5.33. The molecule has 0 spiro atoms. The van der Waals surface area contributed by atoms with E-state index in [2.05, 4.69) is 6.58 Å². The molecule has 1 aromatic heterocycles. The van der Waals surface area contributed by atoms with Crippen LogP contribution in [0.2, 0.25) is 0 Å². The molecule has 0 aliphatic rings. The minimum atomic E-state index is -0.560. The number of amides is 1. The molecule has 52 valence electrons. The normalized spacial score (nSPS) is 9.20. The molecule has 0 fully saturated rings. The van der Waals surface area contributed by atoms with Gasteiger partial charge in [0.05, 0.1) is 11.8 Å². The molecule has 1 amide bonds. The SMILES string of the molecule is C=C(C(N)=O)c1ccco1. The van der Waals surface area contributed by atoms with Gasteiger partial charge in [-0.1, -0.05) is 6.58 Å². The van der Waals surface area contributed by atoms with E-state index >= 15 is 0 Å². The molecule has 0 atom stereocenters. The molecule has 2 N–H and O–H groups in total. The number of carbonyl (C=O) groups excluding carboxylic acids is 1. The molecular formula is C7H7NO2. The quantitative estimate of drug-likeness (QED) is 0.612. The standard InChI is InChI=1S/C7H7NO2/c1-5(7(8)9)6-3-2-4-10-6/h2-4H,1H2,(H2,8,9). The number of primary amides is 1. The lowest BCUT2D eigenvalue weighted by atomic mass is 10.2. The molecule has 10 heavy (non-hydrogen) atoms. The second kappa shape index (κ2) is 2.39. The van der Waals surface area contributed by atoms with Gasteiger partial charge >= 0.3 is 0 Å². The van der Waals surface area contributed by atoms with Crippen LogP contribution in [0.4, 0.5) is 0 Å². The van der Waals surface area contributed by atoms with Gasteiger partial charge in [-0.25, -0.2) is 0 Å². The van der Waals surface area contributed by atoms with E-state index in [0.29, 0.717) is 5.76 Å². The van der Waals surface area contributed by atoms with E-state index in [1.807, 2.05) is 0 Å². The minimum absolute atomic E-state index is 0.199. The molecule has 0 saturated heterocycles. The van der Waals surface area contributed by atoms with E-state index in [9.17, 15) is 4.79 Å². The van der Waals surface area contributed by atoms with E-state index in [0.717, 1.165) is 0 Å². The first-order valence-electron chi connectivity index (χ1n) is 2.74. The highest BCUT2D eigenvalue weighted by atomic mass is 16.3. The Morgan fingerprint density at radius 3 is 2.80 bits per heavy atom. The molecular weight excluding hydrogens is 130 g/mol. The maximum atomic E-state index is 10.5. The maximum absolute atomic E-state index is 10.5. The zero-order valence-corrected chi connectivity index (χ0v) is 5.33. The number of hydrogen-bond donors (Lipinski definition) is 1. The highest BCUT2D eigenvalue weighted by molar-refractivity contribution is 6.16. The van der Waals surface area contributed by atoms with Gasteiger partial charge < -0.3 is 10.2 Å². The number of hydrogen-bond acceptors (Lipinski definition) is 2.